The third-order valence-corrected chi connectivity index (χ3v) is 7.12. The van der Waals surface area contributed by atoms with E-state index in [4.69, 9.17) is 16.3 Å². The summed E-state index contributed by atoms with van der Waals surface area (Å²) in [5, 5.41) is 3.38. The van der Waals surface area contributed by atoms with Gasteiger partial charge in [-0.15, -0.1) is 0 Å². The highest BCUT2D eigenvalue weighted by molar-refractivity contribution is 6.32. The molecule has 1 saturated heterocycles. The topological polar surface area (TPSA) is 88.5 Å². The van der Waals surface area contributed by atoms with Crippen molar-refractivity contribution in [3.05, 3.63) is 77.2 Å². The summed E-state index contributed by atoms with van der Waals surface area (Å²) < 4.78 is 7.42. The smallest absolute Gasteiger partial charge is 0.253 e. The van der Waals surface area contributed by atoms with Gasteiger partial charge >= 0.3 is 0 Å². The van der Waals surface area contributed by atoms with Crippen LogP contribution in [0.25, 0.3) is 11.3 Å². The summed E-state index contributed by atoms with van der Waals surface area (Å²) in [5.41, 5.74) is 7.12. The quantitative estimate of drug-likeness (QED) is 0.397. The number of halogens is 1. The summed E-state index contributed by atoms with van der Waals surface area (Å²) in [6.07, 6.45) is 6.11. The van der Waals surface area contributed by atoms with E-state index >= 15 is 0 Å². The van der Waals surface area contributed by atoms with Gasteiger partial charge in [0.15, 0.2) is 5.75 Å². The van der Waals surface area contributed by atoms with Crippen molar-refractivity contribution in [3.63, 3.8) is 0 Å². The number of fused-ring (bicyclic) bond motifs is 1. The number of methoxy groups -OCH3 is 1. The summed E-state index contributed by atoms with van der Waals surface area (Å²) in [5.74, 6) is 6.75. The first-order chi connectivity index (χ1) is 17.9. The highest BCUT2D eigenvalue weighted by Gasteiger charge is 2.41. The van der Waals surface area contributed by atoms with Crippen LogP contribution in [0.15, 0.2) is 55.4 Å². The predicted molar refractivity (Wildman–Crippen MR) is 143 cm³/mol. The van der Waals surface area contributed by atoms with E-state index in [1.54, 1.807) is 30.5 Å². The number of aromatic nitrogens is 2. The number of rotatable bonds is 5. The van der Waals surface area contributed by atoms with Crippen LogP contribution in [-0.2, 0) is 11.2 Å². The molecule has 1 atom stereocenters. The molecule has 1 fully saturated rings. The van der Waals surface area contributed by atoms with E-state index in [9.17, 15) is 9.59 Å². The van der Waals surface area contributed by atoms with Crippen molar-refractivity contribution >= 4 is 29.1 Å². The fraction of sp³-hybridized carbons (Fsp3) is 0.250. The van der Waals surface area contributed by atoms with Gasteiger partial charge in [-0.2, -0.15) is 0 Å². The minimum atomic E-state index is -0.577. The SMILES string of the molecule is C=CC(=O)N1CC[C@@]1(C)C#Cc1cnccc1-c1cc2c(n1Nc1cccc(Cl)c1OC)CCNC2=O. The molecule has 0 bridgehead atoms. The Balaban J connectivity index is 1.62. The van der Waals surface area contributed by atoms with Gasteiger partial charge in [0, 0.05) is 37.5 Å². The van der Waals surface area contributed by atoms with Gasteiger partial charge in [0.05, 0.1) is 40.3 Å². The van der Waals surface area contributed by atoms with Crippen LogP contribution < -0.4 is 15.5 Å². The predicted octanol–water partition coefficient (Wildman–Crippen LogP) is 3.90. The minimum absolute atomic E-state index is 0.136. The molecule has 2 aliphatic rings. The Kier molecular flexibility index (Phi) is 6.40. The maximum atomic E-state index is 12.7. The third kappa shape index (κ3) is 4.32. The first-order valence-electron chi connectivity index (χ1n) is 11.9. The van der Waals surface area contributed by atoms with Gasteiger partial charge in [-0.25, -0.2) is 0 Å². The van der Waals surface area contributed by atoms with E-state index < -0.39 is 5.54 Å². The van der Waals surface area contributed by atoms with Crippen LogP contribution in [0.3, 0.4) is 0 Å². The molecule has 0 saturated carbocycles. The molecule has 4 heterocycles. The van der Waals surface area contributed by atoms with Crippen LogP contribution in [0.4, 0.5) is 5.69 Å². The number of hydrogen-bond acceptors (Lipinski definition) is 5. The highest BCUT2D eigenvalue weighted by atomic mass is 35.5. The average Bonchev–Trinajstić information content (AvgIpc) is 3.26. The summed E-state index contributed by atoms with van der Waals surface area (Å²) in [7, 11) is 1.56. The maximum Gasteiger partial charge on any atom is 0.253 e. The molecule has 0 unspecified atom stereocenters. The summed E-state index contributed by atoms with van der Waals surface area (Å²) in [4.78, 5) is 31.0. The number of carbonyl (C=O) groups excluding carboxylic acids is 2. The fourth-order valence-electron chi connectivity index (χ4n) is 4.71. The Morgan fingerprint density at radius 1 is 1.35 bits per heavy atom. The van der Waals surface area contributed by atoms with Crippen LogP contribution in [0.2, 0.25) is 5.02 Å². The minimum Gasteiger partial charge on any atom is -0.493 e. The number of benzene rings is 1. The number of nitrogens with one attached hydrogen (secondary N) is 2. The van der Waals surface area contributed by atoms with Crippen LogP contribution in [0, 0.1) is 11.8 Å². The average molecular weight is 516 g/mol. The first-order valence-corrected chi connectivity index (χ1v) is 12.3. The van der Waals surface area contributed by atoms with Crippen LogP contribution >= 0.6 is 11.6 Å². The third-order valence-electron chi connectivity index (χ3n) is 6.82. The van der Waals surface area contributed by atoms with Crippen molar-refractivity contribution in [3.8, 4) is 28.8 Å². The Morgan fingerprint density at radius 3 is 2.92 bits per heavy atom. The second kappa shape index (κ2) is 9.68. The molecule has 188 valence electrons. The molecule has 0 spiro atoms. The number of likely N-dealkylation sites (tertiary alicyclic amines) is 1. The molecule has 2 N–H and O–H groups in total. The zero-order valence-electron chi connectivity index (χ0n) is 20.6. The van der Waals surface area contributed by atoms with E-state index in [0.29, 0.717) is 47.1 Å². The molecule has 2 aliphatic heterocycles. The number of para-hydroxylation sites is 1. The molecule has 3 aromatic rings. The molecule has 37 heavy (non-hydrogen) atoms. The molecule has 1 aromatic carbocycles. The lowest BCUT2D eigenvalue weighted by Gasteiger charge is -2.46. The monoisotopic (exact) mass is 515 g/mol. The van der Waals surface area contributed by atoms with Crippen molar-refractivity contribution in [2.24, 2.45) is 0 Å². The van der Waals surface area contributed by atoms with E-state index in [-0.39, 0.29) is 11.8 Å². The number of nitrogens with zero attached hydrogens (tertiary/aromatic N) is 3. The maximum absolute atomic E-state index is 12.7. The second-order valence-corrected chi connectivity index (χ2v) is 9.46. The van der Waals surface area contributed by atoms with Gasteiger partial charge in [-0.1, -0.05) is 36.1 Å². The van der Waals surface area contributed by atoms with Crippen LogP contribution in [0.1, 0.15) is 35.0 Å². The molecule has 8 nitrogen and oxygen atoms in total. The number of hydrogen-bond donors (Lipinski definition) is 2. The van der Waals surface area contributed by atoms with Gasteiger partial charge in [-0.3, -0.25) is 24.7 Å². The summed E-state index contributed by atoms with van der Waals surface area (Å²) >= 11 is 6.37. The molecule has 0 aliphatic carbocycles. The van der Waals surface area contributed by atoms with Crippen molar-refractivity contribution in [1.29, 1.82) is 0 Å². The molecular weight excluding hydrogens is 490 g/mol. The molecule has 9 heteroatoms. The lowest BCUT2D eigenvalue weighted by Crippen LogP contribution is -2.59. The van der Waals surface area contributed by atoms with E-state index in [1.807, 2.05) is 35.9 Å². The van der Waals surface area contributed by atoms with Gasteiger partial charge in [0.2, 0.25) is 5.91 Å². The molecule has 2 amide bonds. The summed E-state index contributed by atoms with van der Waals surface area (Å²) in [6.45, 7) is 6.71. The van der Waals surface area contributed by atoms with E-state index in [0.717, 1.165) is 23.4 Å². The Labute approximate surface area is 220 Å². The standard InChI is InChI=1S/C28H26ClN5O3/c1-4-25(35)33-15-12-28(33,2)11-8-18-17-30-13-9-19(18)24-16-20-23(10-14-31-27(20)36)34(24)32-22-7-5-6-21(29)26(22)37-3/h4-7,9,13,16-17,32H,1,10,12,14-15H2,2-3H3,(H,31,36)/t28-/m1/s1. The largest absolute Gasteiger partial charge is 0.493 e. The van der Waals surface area contributed by atoms with Crippen molar-refractivity contribution < 1.29 is 14.3 Å². The first kappa shape index (κ1) is 24.5. The van der Waals surface area contributed by atoms with Crippen molar-refractivity contribution in [1.82, 2.24) is 19.9 Å². The number of ether oxygens (including phenoxy) is 1. The highest BCUT2D eigenvalue weighted by Crippen LogP contribution is 2.36. The number of amides is 2. The zero-order valence-corrected chi connectivity index (χ0v) is 21.4. The Hall–Kier alpha value is -4.22. The number of carbonyl (C=O) groups is 2. The van der Waals surface area contributed by atoms with Crippen LogP contribution in [0.5, 0.6) is 5.75 Å². The second-order valence-electron chi connectivity index (χ2n) is 9.05. The van der Waals surface area contributed by atoms with E-state index in [2.05, 4.69) is 34.1 Å². The molecular formula is C28H26ClN5O3. The van der Waals surface area contributed by atoms with Gasteiger partial charge < -0.3 is 15.0 Å². The normalized spacial score (nSPS) is 18.0. The molecule has 5 rings (SSSR count). The van der Waals surface area contributed by atoms with Crippen molar-refractivity contribution in [2.45, 2.75) is 25.3 Å². The lowest BCUT2D eigenvalue weighted by atomic mass is 9.86. The summed E-state index contributed by atoms with van der Waals surface area (Å²) in [6, 6.07) is 9.16. The zero-order chi connectivity index (χ0) is 26.2. The Bertz CT molecular complexity index is 1480. The lowest BCUT2D eigenvalue weighted by molar-refractivity contribution is -0.136. The van der Waals surface area contributed by atoms with Gasteiger partial charge in [0.25, 0.3) is 5.91 Å². The Morgan fingerprint density at radius 2 is 2.19 bits per heavy atom. The van der Waals surface area contributed by atoms with Gasteiger partial charge in [0.1, 0.15) is 5.54 Å². The fourth-order valence-corrected chi connectivity index (χ4v) is 4.96. The molecule has 0 radical (unpaired) electrons. The van der Waals surface area contributed by atoms with Crippen LogP contribution in [-0.4, -0.2) is 52.1 Å². The number of anilines is 1. The van der Waals surface area contributed by atoms with E-state index in [1.165, 1.54) is 6.08 Å². The number of pyridine rings is 1. The molecule has 2 aromatic heterocycles. The van der Waals surface area contributed by atoms with Gasteiger partial charge in [-0.05, 0) is 43.7 Å². The van der Waals surface area contributed by atoms with Crippen molar-refractivity contribution in [2.75, 3.05) is 25.6 Å².